The quantitative estimate of drug-likeness (QED) is 0.542. The van der Waals surface area contributed by atoms with Gasteiger partial charge in [-0.05, 0) is 31.1 Å². The molecule has 12 heavy (non-hydrogen) atoms. The van der Waals surface area contributed by atoms with Gasteiger partial charge in [0.2, 0.25) is 0 Å². The fourth-order valence-electron chi connectivity index (χ4n) is 2.05. The minimum Gasteiger partial charge on any atom is -0.374 e. The molecule has 1 heteroatoms. The number of rotatable bonds is 0. The summed E-state index contributed by atoms with van der Waals surface area (Å²) in [4.78, 5) is 0. The van der Waals surface area contributed by atoms with Crippen molar-refractivity contribution in [1.82, 2.24) is 0 Å². The Kier molecular flexibility index (Phi) is 2.53. The van der Waals surface area contributed by atoms with Crippen LogP contribution < -0.4 is 0 Å². The van der Waals surface area contributed by atoms with E-state index in [0.717, 1.165) is 6.61 Å². The summed E-state index contributed by atoms with van der Waals surface area (Å²) >= 11 is 0. The van der Waals surface area contributed by atoms with E-state index >= 15 is 0 Å². The van der Waals surface area contributed by atoms with Crippen molar-refractivity contribution in [2.24, 2.45) is 11.3 Å². The third kappa shape index (κ3) is 1.52. The van der Waals surface area contributed by atoms with Crippen molar-refractivity contribution in [3.63, 3.8) is 0 Å². The van der Waals surface area contributed by atoms with Crippen molar-refractivity contribution in [3.05, 3.63) is 0 Å². The number of ether oxygens (including phenoxy) is 1. The topological polar surface area (TPSA) is 9.23 Å². The summed E-state index contributed by atoms with van der Waals surface area (Å²) in [5.41, 5.74) is 0.331. The highest BCUT2D eigenvalue weighted by Gasteiger charge is 2.44. The van der Waals surface area contributed by atoms with E-state index in [1.165, 1.54) is 12.8 Å². The molecule has 1 fully saturated rings. The Morgan fingerprint density at radius 2 is 1.92 bits per heavy atom. The largest absolute Gasteiger partial charge is 0.374 e. The van der Waals surface area contributed by atoms with E-state index in [0.29, 0.717) is 5.92 Å². The van der Waals surface area contributed by atoms with Gasteiger partial charge >= 0.3 is 0 Å². The Morgan fingerprint density at radius 1 is 1.33 bits per heavy atom. The van der Waals surface area contributed by atoms with Crippen LogP contribution in [0.25, 0.3) is 0 Å². The third-order valence-electron chi connectivity index (χ3n) is 3.61. The minimum absolute atomic E-state index is 0.0747. The van der Waals surface area contributed by atoms with Crippen LogP contribution in [0.3, 0.4) is 0 Å². The number of hydrogen-bond donors (Lipinski definition) is 0. The molecule has 72 valence electrons. The molecular formula is C11H22O. The maximum Gasteiger partial charge on any atom is 0.0727 e. The zero-order valence-corrected chi connectivity index (χ0v) is 9.11. The van der Waals surface area contributed by atoms with Gasteiger partial charge in [-0.1, -0.05) is 27.7 Å². The molecule has 2 unspecified atom stereocenters. The molecule has 1 nitrogen and oxygen atoms in total. The SMILES string of the molecule is CC1CCCOC1(C)C(C)(C)C. The van der Waals surface area contributed by atoms with Crippen LogP contribution in [0.4, 0.5) is 0 Å². The Hall–Kier alpha value is -0.0400. The molecule has 2 atom stereocenters. The van der Waals surface area contributed by atoms with Crippen molar-refractivity contribution in [2.75, 3.05) is 6.61 Å². The molecular weight excluding hydrogens is 148 g/mol. The van der Waals surface area contributed by atoms with Gasteiger partial charge in [0.05, 0.1) is 5.60 Å². The van der Waals surface area contributed by atoms with Crippen molar-refractivity contribution in [2.45, 2.75) is 53.1 Å². The van der Waals surface area contributed by atoms with Crippen molar-refractivity contribution < 1.29 is 4.74 Å². The maximum absolute atomic E-state index is 5.94. The van der Waals surface area contributed by atoms with E-state index in [4.69, 9.17) is 4.74 Å². The molecule has 1 rings (SSSR count). The van der Waals surface area contributed by atoms with Gasteiger partial charge in [0.1, 0.15) is 0 Å². The van der Waals surface area contributed by atoms with Crippen LogP contribution in [0.1, 0.15) is 47.5 Å². The lowest BCUT2D eigenvalue weighted by atomic mass is 9.68. The van der Waals surface area contributed by atoms with Crippen molar-refractivity contribution in [3.8, 4) is 0 Å². The molecule has 1 aliphatic rings. The molecule has 0 radical (unpaired) electrons. The predicted molar refractivity (Wildman–Crippen MR) is 52.2 cm³/mol. The first-order valence-electron chi connectivity index (χ1n) is 5.02. The fourth-order valence-corrected chi connectivity index (χ4v) is 2.05. The van der Waals surface area contributed by atoms with E-state index < -0.39 is 0 Å². The summed E-state index contributed by atoms with van der Waals surface area (Å²) in [6.07, 6.45) is 2.54. The molecule has 0 amide bonds. The molecule has 0 saturated carbocycles. The van der Waals surface area contributed by atoms with Gasteiger partial charge < -0.3 is 4.74 Å². The molecule has 0 N–H and O–H groups in total. The van der Waals surface area contributed by atoms with Gasteiger partial charge in [0, 0.05) is 6.61 Å². The lowest BCUT2D eigenvalue weighted by Crippen LogP contribution is -2.50. The zero-order chi connectivity index (χ0) is 9.41. The first-order chi connectivity index (χ1) is 5.38. The predicted octanol–water partition coefficient (Wildman–Crippen LogP) is 3.24. The Morgan fingerprint density at radius 3 is 2.25 bits per heavy atom. The van der Waals surface area contributed by atoms with Crippen molar-refractivity contribution in [1.29, 1.82) is 0 Å². The third-order valence-corrected chi connectivity index (χ3v) is 3.61. The molecule has 0 aromatic rings. The maximum atomic E-state index is 5.94. The average molecular weight is 170 g/mol. The van der Waals surface area contributed by atoms with Gasteiger partial charge in [0.15, 0.2) is 0 Å². The average Bonchev–Trinajstić information content (AvgIpc) is 1.93. The molecule has 0 aliphatic carbocycles. The van der Waals surface area contributed by atoms with E-state index in [9.17, 15) is 0 Å². The lowest BCUT2D eigenvalue weighted by Gasteiger charge is -2.48. The second-order valence-corrected chi connectivity index (χ2v) is 5.25. The number of hydrogen-bond acceptors (Lipinski definition) is 1. The van der Waals surface area contributed by atoms with Gasteiger partial charge in [-0.3, -0.25) is 0 Å². The van der Waals surface area contributed by atoms with Gasteiger partial charge in [0.25, 0.3) is 0 Å². The second kappa shape index (κ2) is 3.02. The Balaban J connectivity index is 2.79. The standard InChI is InChI=1S/C11H22O/c1-9-7-6-8-12-11(9,5)10(2,3)4/h9H,6-8H2,1-5H3. The molecule has 1 saturated heterocycles. The van der Waals surface area contributed by atoms with E-state index in [1.807, 2.05) is 0 Å². The van der Waals surface area contributed by atoms with Crippen LogP contribution in [0.5, 0.6) is 0 Å². The van der Waals surface area contributed by atoms with Crippen LogP contribution in [0, 0.1) is 11.3 Å². The lowest BCUT2D eigenvalue weighted by molar-refractivity contribution is -0.162. The summed E-state index contributed by atoms with van der Waals surface area (Å²) < 4.78 is 5.94. The van der Waals surface area contributed by atoms with Crippen molar-refractivity contribution >= 4 is 0 Å². The first-order valence-corrected chi connectivity index (χ1v) is 5.02. The Labute approximate surface area is 76.5 Å². The summed E-state index contributed by atoms with van der Waals surface area (Å²) in [5, 5.41) is 0. The molecule has 1 heterocycles. The van der Waals surface area contributed by atoms with Gasteiger partial charge in [-0.15, -0.1) is 0 Å². The van der Waals surface area contributed by atoms with Crippen LogP contribution in [0.15, 0.2) is 0 Å². The zero-order valence-electron chi connectivity index (χ0n) is 9.11. The molecule has 0 aromatic carbocycles. The second-order valence-electron chi connectivity index (χ2n) is 5.25. The van der Waals surface area contributed by atoms with Gasteiger partial charge in [-0.25, -0.2) is 0 Å². The van der Waals surface area contributed by atoms with Gasteiger partial charge in [-0.2, -0.15) is 0 Å². The highest BCUT2D eigenvalue weighted by atomic mass is 16.5. The van der Waals surface area contributed by atoms with E-state index in [2.05, 4.69) is 34.6 Å². The summed E-state index contributed by atoms with van der Waals surface area (Å²) in [6, 6.07) is 0. The molecule has 0 bridgehead atoms. The summed E-state index contributed by atoms with van der Waals surface area (Å²) in [6.45, 7) is 12.3. The van der Waals surface area contributed by atoms with Crippen LogP contribution in [0.2, 0.25) is 0 Å². The molecule has 1 aliphatic heterocycles. The highest BCUT2D eigenvalue weighted by molar-refractivity contribution is 4.94. The molecule has 0 spiro atoms. The minimum atomic E-state index is 0.0747. The summed E-state index contributed by atoms with van der Waals surface area (Å²) in [7, 11) is 0. The van der Waals surface area contributed by atoms with E-state index in [-0.39, 0.29) is 11.0 Å². The van der Waals surface area contributed by atoms with Crippen LogP contribution >= 0.6 is 0 Å². The van der Waals surface area contributed by atoms with E-state index in [1.54, 1.807) is 0 Å². The Bertz CT molecular complexity index is 157. The highest BCUT2D eigenvalue weighted by Crippen LogP contribution is 2.43. The monoisotopic (exact) mass is 170 g/mol. The van der Waals surface area contributed by atoms with Crippen LogP contribution in [-0.4, -0.2) is 12.2 Å². The first kappa shape index (κ1) is 10.0. The smallest absolute Gasteiger partial charge is 0.0727 e. The fraction of sp³-hybridized carbons (Fsp3) is 1.00. The summed E-state index contributed by atoms with van der Waals surface area (Å²) in [5.74, 6) is 0.686. The normalized spacial score (nSPS) is 38.2. The van der Waals surface area contributed by atoms with Crippen LogP contribution in [-0.2, 0) is 4.74 Å². The molecule has 0 aromatic heterocycles.